The van der Waals surface area contributed by atoms with Crippen LogP contribution in [0.15, 0.2) is 60.7 Å². The molecule has 0 saturated heterocycles. The number of hydrogen-bond acceptors (Lipinski definition) is 4. The molecular formula is C40H56N4O3S. The number of aryl methyl sites for hydroxylation is 1. The van der Waals surface area contributed by atoms with Gasteiger partial charge in [-0.05, 0) is 134 Å². The van der Waals surface area contributed by atoms with E-state index in [2.05, 4.69) is 86.9 Å². The van der Waals surface area contributed by atoms with Gasteiger partial charge in [-0.15, -0.1) is 0 Å². The second-order valence-corrected chi connectivity index (χ2v) is 15.5. The Morgan fingerprint density at radius 1 is 0.812 bits per heavy atom. The maximum absolute atomic E-state index is 13.6. The van der Waals surface area contributed by atoms with Crippen LogP contribution >= 0.6 is 0 Å². The average Bonchev–Trinajstić information content (AvgIpc) is 3.41. The fraction of sp³-hybridized carbons (Fsp3) is 0.475. The number of H-pyrrole nitrogens is 1. The molecule has 0 aliphatic rings. The molecule has 260 valence electrons. The van der Waals surface area contributed by atoms with Gasteiger partial charge in [-0.25, -0.2) is 8.42 Å². The number of fused-ring (bicyclic) bond motifs is 1. The van der Waals surface area contributed by atoms with Crippen molar-refractivity contribution in [1.82, 2.24) is 15.2 Å². The molecule has 4 rings (SSSR count). The van der Waals surface area contributed by atoms with Gasteiger partial charge in [0.05, 0.1) is 6.26 Å². The van der Waals surface area contributed by atoms with Gasteiger partial charge in [0.25, 0.3) is 5.91 Å². The molecular weight excluding hydrogens is 617 g/mol. The summed E-state index contributed by atoms with van der Waals surface area (Å²) in [6.45, 7) is 16.5. The zero-order valence-electron chi connectivity index (χ0n) is 30.1. The van der Waals surface area contributed by atoms with Crippen molar-refractivity contribution < 1.29 is 13.2 Å². The third-order valence-electron chi connectivity index (χ3n) is 8.90. The maximum atomic E-state index is 13.6. The Morgan fingerprint density at radius 2 is 1.46 bits per heavy atom. The molecule has 0 unspecified atom stereocenters. The molecule has 7 nitrogen and oxygen atoms in total. The largest absolute Gasteiger partial charge is 0.354 e. The van der Waals surface area contributed by atoms with Crippen LogP contribution in [0.25, 0.3) is 22.2 Å². The molecule has 48 heavy (non-hydrogen) atoms. The van der Waals surface area contributed by atoms with E-state index in [1.165, 1.54) is 27.8 Å². The van der Waals surface area contributed by atoms with Crippen molar-refractivity contribution in [1.29, 1.82) is 0 Å². The van der Waals surface area contributed by atoms with Crippen LogP contribution in [0.1, 0.15) is 112 Å². The van der Waals surface area contributed by atoms with Crippen molar-refractivity contribution in [3.63, 3.8) is 0 Å². The van der Waals surface area contributed by atoms with Crippen LogP contribution in [0.2, 0.25) is 0 Å². The van der Waals surface area contributed by atoms with E-state index in [0.29, 0.717) is 17.5 Å². The van der Waals surface area contributed by atoms with E-state index in [4.69, 9.17) is 0 Å². The predicted molar refractivity (Wildman–Crippen MR) is 203 cm³/mol. The minimum absolute atomic E-state index is 0.109. The van der Waals surface area contributed by atoms with E-state index < -0.39 is 10.0 Å². The highest BCUT2D eigenvalue weighted by Crippen LogP contribution is 2.35. The molecule has 0 aliphatic carbocycles. The highest BCUT2D eigenvalue weighted by molar-refractivity contribution is 7.92. The standard InChI is InChI=1S/C40H56N4O3S/c1-8-22-44(23-9-2)40(45)31-15-18-38-37(27-31)36(39(42-38)34-25-32(28(3)4)24-33(26-34)29(5)6)19-21-41-20-11-10-12-30-13-16-35(17-14-30)43-48(7,46)47/h13-18,24-29,41-43H,8-12,19-23H2,1-7H3. The zero-order chi connectivity index (χ0) is 34.8. The molecule has 3 N–H and O–H groups in total. The lowest BCUT2D eigenvalue weighted by Crippen LogP contribution is -2.32. The summed E-state index contributed by atoms with van der Waals surface area (Å²) in [5.74, 6) is 0.954. The molecule has 4 aromatic rings. The van der Waals surface area contributed by atoms with E-state index in [1.54, 1.807) is 0 Å². The third kappa shape index (κ3) is 10.2. The molecule has 0 bridgehead atoms. The molecule has 0 saturated carbocycles. The molecule has 1 heterocycles. The number of anilines is 1. The summed E-state index contributed by atoms with van der Waals surface area (Å²) in [6, 6.07) is 20.8. The Bertz CT molecular complexity index is 1730. The SMILES string of the molecule is CCCN(CCC)C(=O)c1ccc2[nH]c(-c3cc(C(C)C)cc(C(C)C)c3)c(CCNCCCCc3ccc(NS(C)(=O)=O)cc3)c2c1. The van der Waals surface area contributed by atoms with Crippen molar-refractivity contribution in [2.75, 3.05) is 37.2 Å². The van der Waals surface area contributed by atoms with Gasteiger partial charge in [0.2, 0.25) is 10.0 Å². The van der Waals surface area contributed by atoms with Gasteiger partial charge in [-0.1, -0.05) is 59.7 Å². The maximum Gasteiger partial charge on any atom is 0.253 e. The third-order valence-corrected chi connectivity index (χ3v) is 9.51. The summed E-state index contributed by atoms with van der Waals surface area (Å²) in [5, 5.41) is 4.80. The summed E-state index contributed by atoms with van der Waals surface area (Å²) in [7, 11) is -3.27. The van der Waals surface area contributed by atoms with Crippen LogP contribution in [0, 0.1) is 0 Å². The predicted octanol–water partition coefficient (Wildman–Crippen LogP) is 8.87. The second-order valence-electron chi connectivity index (χ2n) is 13.8. The second kappa shape index (κ2) is 17.2. The molecule has 8 heteroatoms. The van der Waals surface area contributed by atoms with Gasteiger partial charge in [-0.3, -0.25) is 9.52 Å². The number of sulfonamides is 1. The van der Waals surface area contributed by atoms with Crippen LogP contribution in [0.5, 0.6) is 0 Å². The number of rotatable bonds is 18. The minimum Gasteiger partial charge on any atom is -0.354 e. The minimum atomic E-state index is -3.27. The first-order valence-electron chi connectivity index (χ1n) is 17.8. The number of benzene rings is 3. The van der Waals surface area contributed by atoms with Crippen LogP contribution in [-0.2, 0) is 22.9 Å². The van der Waals surface area contributed by atoms with Gasteiger partial charge in [-0.2, -0.15) is 0 Å². The van der Waals surface area contributed by atoms with Crippen LogP contribution in [0.3, 0.4) is 0 Å². The Morgan fingerprint density at radius 3 is 2.04 bits per heavy atom. The first kappa shape index (κ1) is 37.2. The van der Waals surface area contributed by atoms with Crippen molar-refractivity contribution in [3.05, 3.63) is 88.5 Å². The van der Waals surface area contributed by atoms with Gasteiger partial charge < -0.3 is 15.2 Å². The Labute approximate surface area is 289 Å². The number of aromatic nitrogens is 1. The molecule has 3 aromatic carbocycles. The summed E-state index contributed by atoms with van der Waals surface area (Å²) >= 11 is 0. The number of nitrogens with zero attached hydrogens (tertiary/aromatic N) is 1. The van der Waals surface area contributed by atoms with Crippen molar-refractivity contribution in [2.45, 2.75) is 91.9 Å². The van der Waals surface area contributed by atoms with Crippen LogP contribution < -0.4 is 10.0 Å². The lowest BCUT2D eigenvalue weighted by molar-refractivity contribution is 0.0755. The zero-order valence-corrected chi connectivity index (χ0v) is 30.9. The van der Waals surface area contributed by atoms with Gasteiger partial charge in [0, 0.05) is 40.9 Å². The van der Waals surface area contributed by atoms with Crippen LogP contribution in [-0.4, -0.2) is 56.6 Å². The monoisotopic (exact) mass is 672 g/mol. The van der Waals surface area contributed by atoms with Crippen LogP contribution in [0.4, 0.5) is 5.69 Å². The summed E-state index contributed by atoms with van der Waals surface area (Å²) in [6.07, 6.45) is 6.93. The highest BCUT2D eigenvalue weighted by Gasteiger charge is 2.20. The number of hydrogen-bond donors (Lipinski definition) is 3. The van der Waals surface area contributed by atoms with E-state index in [1.807, 2.05) is 35.2 Å². The Balaban J connectivity index is 1.52. The molecule has 1 amide bonds. The number of aromatic amines is 1. The fourth-order valence-electron chi connectivity index (χ4n) is 6.28. The molecule has 0 fully saturated rings. The summed E-state index contributed by atoms with van der Waals surface area (Å²) in [5.41, 5.74) is 9.89. The Hall–Kier alpha value is -3.62. The molecule has 0 spiro atoms. The lowest BCUT2D eigenvalue weighted by Gasteiger charge is -2.21. The van der Waals surface area contributed by atoms with Crippen molar-refractivity contribution in [2.24, 2.45) is 0 Å². The van der Waals surface area contributed by atoms with Gasteiger partial charge in [0.15, 0.2) is 0 Å². The quantitative estimate of drug-likeness (QED) is 0.0921. The number of amides is 1. The Kier molecular flexibility index (Phi) is 13.3. The molecule has 0 aliphatic heterocycles. The topological polar surface area (TPSA) is 94.3 Å². The average molecular weight is 673 g/mol. The molecule has 0 radical (unpaired) electrons. The number of unbranched alkanes of at least 4 members (excludes halogenated alkanes) is 1. The van der Waals surface area contributed by atoms with Gasteiger partial charge in [0.1, 0.15) is 0 Å². The first-order valence-corrected chi connectivity index (χ1v) is 19.7. The normalized spacial score (nSPS) is 11.9. The van der Waals surface area contributed by atoms with E-state index >= 15 is 0 Å². The summed E-state index contributed by atoms with van der Waals surface area (Å²) < 4.78 is 25.4. The van der Waals surface area contributed by atoms with E-state index in [-0.39, 0.29) is 5.91 Å². The van der Waals surface area contributed by atoms with Crippen molar-refractivity contribution in [3.8, 4) is 11.3 Å². The van der Waals surface area contributed by atoms with Gasteiger partial charge >= 0.3 is 0 Å². The van der Waals surface area contributed by atoms with Crippen molar-refractivity contribution >= 4 is 32.5 Å². The van der Waals surface area contributed by atoms with E-state index in [0.717, 1.165) is 93.1 Å². The molecule has 1 aromatic heterocycles. The number of carbonyl (C=O) groups excluding carboxylic acids is 1. The lowest BCUT2D eigenvalue weighted by atomic mass is 9.91. The number of nitrogens with one attached hydrogen (secondary N) is 3. The first-order chi connectivity index (χ1) is 22.9. The highest BCUT2D eigenvalue weighted by atomic mass is 32.2. The van der Waals surface area contributed by atoms with E-state index in [9.17, 15) is 13.2 Å². The molecule has 0 atom stereocenters. The number of carbonyl (C=O) groups is 1. The fourth-order valence-corrected chi connectivity index (χ4v) is 6.85. The smallest absolute Gasteiger partial charge is 0.253 e. The summed E-state index contributed by atoms with van der Waals surface area (Å²) in [4.78, 5) is 19.4.